The van der Waals surface area contributed by atoms with Crippen molar-refractivity contribution in [1.29, 1.82) is 0 Å². The van der Waals surface area contributed by atoms with Crippen LogP contribution in [0.3, 0.4) is 0 Å². The molecule has 12 heteroatoms. The van der Waals surface area contributed by atoms with Gasteiger partial charge in [-0.25, -0.2) is 17.9 Å². The Kier molecular flexibility index (Phi) is 6.92. The second-order valence-corrected chi connectivity index (χ2v) is 12.8. The molecule has 2 saturated heterocycles. The summed E-state index contributed by atoms with van der Waals surface area (Å²) in [6, 6.07) is 6.60. The van der Waals surface area contributed by atoms with E-state index in [0.717, 1.165) is 49.1 Å². The minimum absolute atomic E-state index is 0.180. The molecule has 2 N–H and O–H groups in total. The highest BCUT2D eigenvalue weighted by atomic mass is 79.9. The normalized spacial score (nSPS) is 22.6. The number of sulfonamides is 1. The molecule has 5 rings (SSSR count). The largest absolute Gasteiger partial charge is 0.391 e. The van der Waals surface area contributed by atoms with Gasteiger partial charge < -0.3 is 14.9 Å². The maximum Gasteiger partial charge on any atom is 0.256 e. The second kappa shape index (κ2) is 9.88. The first-order chi connectivity index (χ1) is 17.5. The Hall–Kier alpha value is -2.70. The zero-order chi connectivity index (χ0) is 26.5. The fourth-order valence-corrected chi connectivity index (χ4v) is 6.18. The molecule has 0 radical (unpaired) electrons. The number of β-amino-alcohol motifs (C(OH)–C–C–N with tert-alkyl or cyclic N) is 1. The minimum Gasteiger partial charge on any atom is -0.391 e. The fourth-order valence-electron chi connectivity index (χ4n) is 5.24. The quantitative estimate of drug-likeness (QED) is 0.467. The van der Waals surface area contributed by atoms with Gasteiger partial charge in [-0.1, -0.05) is 22.9 Å². The number of aliphatic hydroxyl groups is 1. The lowest BCUT2D eigenvalue weighted by Gasteiger charge is -2.35. The lowest BCUT2D eigenvalue weighted by Crippen LogP contribution is -2.39. The molecule has 10 nitrogen and oxygen atoms in total. The van der Waals surface area contributed by atoms with Gasteiger partial charge in [-0.15, -0.1) is 0 Å². The van der Waals surface area contributed by atoms with Crippen LogP contribution in [-0.2, 0) is 10.0 Å². The predicted octanol–water partition coefficient (Wildman–Crippen LogP) is 3.36. The maximum absolute atomic E-state index is 13.8. The van der Waals surface area contributed by atoms with Gasteiger partial charge in [0, 0.05) is 47.9 Å². The van der Waals surface area contributed by atoms with E-state index in [1.54, 1.807) is 27.6 Å². The molecular formula is C25H31BrN6O4S. The third-order valence-corrected chi connectivity index (χ3v) is 8.19. The van der Waals surface area contributed by atoms with Gasteiger partial charge in [0.2, 0.25) is 10.0 Å². The molecule has 2 aliphatic rings. The summed E-state index contributed by atoms with van der Waals surface area (Å²) in [7, 11) is -3.56. The van der Waals surface area contributed by atoms with E-state index in [9.17, 15) is 18.3 Å². The molecule has 4 heterocycles. The Morgan fingerprint density at radius 2 is 2.00 bits per heavy atom. The van der Waals surface area contributed by atoms with Crippen LogP contribution in [0.25, 0.3) is 5.65 Å². The summed E-state index contributed by atoms with van der Waals surface area (Å²) in [5.74, 6) is 0.767. The number of anilines is 2. The first kappa shape index (κ1) is 25.9. The Balaban J connectivity index is 1.48. The van der Waals surface area contributed by atoms with Crippen molar-refractivity contribution < 1.29 is 18.3 Å². The first-order valence-corrected chi connectivity index (χ1v) is 15.1. The van der Waals surface area contributed by atoms with Gasteiger partial charge in [-0.05, 0) is 44.4 Å². The topological polar surface area (TPSA) is 120 Å². The van der Waals surface area contributed by atoms with E-state index >= 15 is 0 Å². The number of carbonyl (C=O) groups is 1. The average Bonchev–Trinajstić information content (AvgIpc) is 3.40. The number of hydrogen-bond acceptors (Lipinski definition) is 7. The monoisotopic (exact) mass is 590 g/mol. The van der Waals surface area contributed by atoms with Crippen molar-refractivity contribution in [2.24, 2.45) is 5.92 Å². The van der Waals surface area contributed by atoms with Crippen LogP contribution in [0, 0.1) is 12.8 Å². The molecule has 2 aliphatic heterocycles. The number of halogens is 1. The molecule has 0 aliphatic carbocycles. The van der Waals surface area contributed by atoms with E-state index in [2.05, 4.69) is 25.6 Å². The van der Waals surface area contributed by atoms with Crippen molar-refractivity contribution in [3.63, 3.8) is 0 Å². The van der Waals surface area contributed by atoms with Crippen LogP contribution in [0.1, 0.15) is 53.8 Å². The van der Waals surface area contributed by atoms with E-state index in [1.807, 2.05) is 26.1 Å². The molecule has 0 unspecified atom stereocenters. The summed E-state index contributed by atoms with van der Waals surface area (Å²) in [6.07, 6.45) is 5.19. The molecule has 0 spiro atoms. The van der Waals surface area contributed by atoms with Crippen LogP contribution < -0.4 is 9.62 Å². The third-order valence-electron chi connectivity index (χ3n) is 7.11. The molecule has 2 fully saturated rings. The maximum atomic E-state index is 13.8. The predicted molar refractivity (Wildman–Crippen MR) is 145 cm³/mol. The zero-order valence-electron chi connectivity index (χ0n) is 21.1. The number of aryl methyl sites for hydroxylation is 1. The highest BCUT2D eigenvalue weighted by Crippen LogP contribution is 2.34. The van der Waals surface area contributed by atoms with Gasteiger partial charge in [0.15, 0.2) is 5.65 Å². The summed E-state index contributed by atoms with van der Waals surface area (Å²) in [5, 5.41) is 15.0. The molecule has 2 aromatic heterocycles. The van der Waals surface area contributed by atoms with Crippen LogP contribution in [-0.4, -0.2) is 70.9 Å². The second-order valence-electron chi connectivity index (χ2n) is 10.1. The van der Waals surface area contributed by atoms with Gasteiger partial charge in [-0.2, -0.15) is 5.10 Å². The average molecular weight is 592 g/mol. The number of nitrogens with one attached hydrogen (secondary N) is 1. The third kappa shape index (κ3) is 5.32. The van der Waals surface area contributed by atoms with Crippen LogP contribution in [0.5, 0.6) is 0 Å². The molecule has 3 aromatic rings. The highest BCUT2D eigenvalue weighted by Gasteiger charge is 2.33. The lowest BCUT2D eigenvalue weighted by molar-refractivity contribution is 0.0606. The summed E-state index contributed by atoms with van der Waals surface area (Å²) in [4.78, 5) is 22.5. The van der Waals surface area contributed by atoms with Gasteiger partial charge in [0.25, 0.3) is 5.91 Å². The van der Waals surface area contributed by atoms with E-state index in [1.165, 1.54) is 0 Å². The summed E-state index contributed by atoms with van der Waals surface area (Å²) < 4.78 is 28.7. The lowest BCUT2D eigenvalue weighted by atomic mass is 9.98. The van der Waals surface area contributed by atoms with Gasteiger partial charge in [0.1, 0.15) is 5.82 Å². The number of aliphatic hydroxyl groups excluding tert-OH is 1. The fraction of sp³-hybridized carbons (Fsp3) is 0.480. The molecule has 1 aromatic carbocycles. The van der Waals surface area contributed by atoms with Crippen molar-refractivity contribution in [1.82, 2.24) is 19.5 Å². The van der Waals surface area contributed by atoms with E-state index in [0.29, 0.717) is 23.2 Å². The Morgan fingerprint density at radius 3 is 2.70 bits per heavy atom. The highest BCUT2D eigenvalue weighted by molar-refractivity contribution is 9.10. The van der Waals surface area contributed by atoms with E-state index < -0.39 is 10.0 Å². The molecule has 0 saturated carbocycles. The molecular weight excluding hydrogens is 560 g/mol. The number of hydrogen-bond donors (Lipinski definition) is 2. The number of fused-ring (bicyclic) bond motifs is 1. The minimum atomic E-state index is -3.56. The smallest absolute Gasteiger partial charge is 0.256 e. The number of amides is 1. The Bertz CT molecular complexity index is 1450. The van der Waals surface area contributed by atoms with E-state index in [4.69, 9.17) is 10.1 Å². The van der Waals surface area contributed by atoms with Crippen LogP contribution in [0.15, 0.2) is 34.9 Å². The summed E-state index contributed by atoms with van der Waals surface area (Å²) in [5.41, 5.74) is 2.93. The van der Waals surface area contributed by atoms with Crippen LogP contribution in [0.4, 0.5) is 11.5 Å². The van der Waals surface area contributed by atoms with Crippen LogP contribution >= 0.6 is 15.9 Å². The molecule has 37 heavy (non-hydrogen) atoms. The van der Waals surface area contributed by atoms with Gasteiger partial charge in [-0.3, -0.25) is 9.52 Å². The number of benzene rings is 1. The number of nitrogens with zero attached hydrogens (tertiary/aromatic N) is 5. The van der Waals surface area contributed by atoms with E-state index in [-0.39, 0.29) is 35.2 Å². The SMILES string of the molecule is Cc1cn2nc([C@@H]3CCCCN3C(=O)c3cc(Br)ccc3NS(C)(=O)=O)cc2nc1N1C[C@@H](C)[C@@H](O)C1. The molecule has 3 atom stereocenters. The van der Waals surface area contributed by atoms with Gasteiger partial charge in [0.05, 0.1) is 35.3 Å². The summed E-state index contributed by atoms with van der Waals surface area (Å²) >= 11 is 3.41. The van der Waals surface area contributed by atoms with Crippen molar-refractivity contribution in [2.45, 2.75) is 45.3 Å². The number of rotatable bonds is 5. The number of carbonyl (C=O) groups excluding carboxylic acids is 1. The summed E-state index contributed by atoms with van der Waals surface area (Å²) in [6.45, 7) is 5.86. The first-order valence-electron chi connectivity index (χ1n) is 12.4. The van der Waals surface area contributed by atoms with Crippen molar-refractivity contribution >= 4 is 49.0 Å². The molecule has 1 amide bonds. The Morgan fingerprint density at radius 1 is 1.22 bits per heavy atom. The molecule has 0 bridgehead atoms. The Labute approximate surface area is 224 Å². The van der Waals surface area contributed by atoms with Crippen molar-refractivity contribution in [3.8, 4) is 0 Å². The van der Waals surface area contributed by atoms with Crippen molar-refractivity contribution in [3.05, 3.63) is 51.8 Å². The zero-order valence-corrected chi connectivity index (χ0v) is 23.5. The number of aromatic nitrogens is 3. The standard InChI is InChI=1S/C25H31BrN6O4S/c1-15-12-30(14-22(15)33)24-16(2)13-32-23(27-24)11-20(28-32)21-6-4-5-9-31(21)25(34)18-10-17(26)7-8-19(18)29-37(3,35)36/h7-8,10-11,13,15,21-22,29,33H,4-6,9,12,14H2,1-3H3/t15-,21+,22+/m1/s1. The van der Waals surface area contributed by atoms with Gasteiger partial charge >= 0.3 is 0 Å². The number of piperidine rings is 1. The number of likely N-dealkylation sites (tertiary alicyclic amines) is 1. The van der Waals surface area contributed by atoms with Crippen LogP contribution in [0.2, 0.25) is 0 Å². The van der Waals surface area contributed by atoms with Crippen molar-refractivity contribution in [2.75, 3.05) is 35.5 Å². The molecule has 198 valence electrons.